The van der Waals surface area contributed by atoms with Crippen molar-refractivity contribution < 1.29 is 9.90 Å². The van der Waals surface area contributed by atoms with Gasteiger partial charge in [-0.2, -0.15) is 0 Å². The molecule has 1 N–H and O–H groups in total. The average Bonchev–Trinajstić information content (AvgIpc) is 2.77. The van der Waals surface area contributed by atoms with Gasteiger partial charge in [0.2, 0.25) is 0 Å². The number of benzene rings is 1. The van der Waals surface area contributed by atoms with Crippen LogP contribution in [0, 0.1) is 11.3 Å². The van der Waals surface area contributed by atoms with Crippen LogP contribution in [0.15, 0.2) is 59.7 Å². The second-order valence-corrected chi connectivity index (χ2v) is 6.06. The SMILES string of the molecule is CC1=CC(=O)[C@]2(C=C1)C(c1ccccc1)=C(C)C[C@@H]2CO. The smallest absolute Gasteiger partial charge is 0.170 e. The predicted octanol–water partition coefficient (Wildman–Crippen LogP) is 3.54. The highest BCUT2D eigenvalue weighted by atomic mass is 16.3. The van der Waals surface area contributed by atoms with Crippen LogP contribution in [0.5, 0.6) is 0 Å². The monoisotopic (exact) mass is 280 g/mol. The first kappa shape index (κ1) is 14.0. The van der Waals surface area contributed by atoms with Crippen molar-refractivity contribution in [3.8, 4) is 0 Å². The molecule has 0 saturated heterocycles. The van der Waals surface area contributed by atoms with Gasteiger partial charge in [0.15, 0.2) is 5.78 Å². The standard InChI is InChI=1S/C19H20O2/c1-13-8-9-19(17(21)10-13)16(12-20)11-14(2)18(19)15-6-4-3-5-7-15/h3-10,16,20H,11-12H2,1-2H3/t16-,19-/m1/s1. The number of carbonyl (C=O) groups excluding carboxylic acids is 1. The molecule has 2 aliphatic carbocycles. The van der Waals surface area contributed by atoms with E-state index in [0.29, 0.717) is 0 Å². The Morgan fingerprint density at radius 2 is 1.95 bits per heavy atom. The fraction of sp³-hybridized carbons (Fsp3) is 0.316. The van der Waals surface area contributed by atoms with Gasteiger partial charge >= 0.3 is 0 Å². The minimum atomic E-state index is -0.695. The van der Waals surface area contributed by atoms with Gasteiger partial charge in [-0.1, -0.05) is 48.1 Å². The van der Waals surface area contributed by atoms with Crippen LogP contribution in [0.2, 0.25) is 0 Å². The molecule has 0 heterocycles. The molecule has 2 atom stereocenters. The Hall–Kier alpha value is -1.93. The quantitative estimate of drug-likeness (QED) is 0.899. The predicted molar refractivity (Wildman–Crippen MR) is 84.6 cm³/mol. The second kappa shape index (κ2) is 5.12. The van der Waals surface area contributed by atoms with E-state index in [1.54, 1.807) is 6.08 Å². The molecule has 0 bridgehead atoms. The summed E-state index contributed by atoms with van der Waals surface area (Å²) in [5.41, 5.74) is 3.63. The fourth-order valence-electron chi connectivity index (χ4n) is 3.75. The summed E-state index contributed by atoms with van der Waals surface area (Å²) in [5.74, 6) is 0.0260. The molecule has 0 saturated carbocycles. The molecule has 0 radical (unpaired) electrons. The van der Waals surface area contributed by atoms with E-state index in [0.717, 1.165) is 23.1 Å². The molecule has 3 rings (SSSR count). The molecule has 0 unspecified atom stereocenters. The van der Waals surface area contributed by atoms with Crippen molar-refractivity contribution in [2.45, 2.75) is 20.3 Å². The number of allylic oxidation sites excluding steroid dienone is 6. The lowest BCUT2D eigenvalue weighted by molar-refractivity contribution is -0.121. The number of ketones is 1. The third-order valence-corrected chi connectivity index (χ3v) is 4.70. The number of hydrogen-bond acceptors (Lipinski definition) is 2. The number of carbonyl (C=O) groups is 1. The summed E-state index contributed by atoms with van der Waals surface area (Å²) in [4.78, 5) is 12.9. The van der Waals surface area contributed by atoms with Crippen molar-refractivity contribution in [2.75, 3.05) is 6.61 Å². The lowest BCUT2D eigenvalue weighted by atomic mass is 9.66. The topological polar surface area (TPSA) is 37.3 Å². The van der Waals surface area contributed by atoms with Crippen LogP contribution in [0.4, 0.5) is 0 Å². The van der Waals surface area contributed by atoms with Gasteiger partial charge in [-0.05, 0) is 43.1 Å². The Labute approximate surface area is 125 Å². The third kappa shape index (κ3) is 2.02. The van der Waals surface area contributed by atoms with E-state index in [1.165, 1.54) is 5.57 Å². The second-order valence-electron chi connectivity index (χ2n) is 6.06. The van der Waals surface area contributed by atoms with Gasteiger partial charge in [0, 0.05) is 12.5 Å². The summed E-state index contributed by atoms with van der Waals surface area (Å²) < 4.78 is 0. The first-order valence-corrected chi connectivity index (χ1v) is 7.38. The minimum absolute atomic E-state index is 0.0244. The Morgan fingerprint density at radius 3 is 2.57 bits per heavy atom. The molecule has 0 amide bonds. The molecule has 2 aliphatic rings. The Morgan fingerprint density at radius 1 is 1.24 bits per heavy atom. The summed E-state index contributed by atoms with van der Waals surface area (Å²) in [6.45, 7) is 4.03. The lowest BCUT2D eigenvalue weighted by Gasteiger charge is -2.35. The van der Waals surface area contributed by atoms with Gasteiger partial charge < -0.3 is 5.11 Å². The van der Waals surface area contributed by atoms with E-state index in [1.807, 2.05) is 49.4 Å². The maximum Gasteiger partial charge on any atom is 0.170 e. The molecule has 1 aromatic carbocycles. The molecule has 2 heteroatoms. The van der Waals surface area contributed by atoms with Gasteiger partial charge in [-0.25, -0.2) is 0 Å². The van der Waals surface area contributed by atoms with Gasteiger partial charge in [0.1, 0.15) is 0 Å². The summed E-state index contributed by atoms with van der Waals surface area (Å²) in [6, 6.07) is 10.1. The maximum atomic E-state index is 12.9. The normalized spacial score (nSPS) is 28.4. The minimum Gasteiger partial charge on any atom is -0.396 e. The van der Waals surface area contributed by atoms with Gasteiger partial charge in [0.25, 0.3) is 0 Å². The number of hydrogen-bond donors (Lipinski definition) is 1. The van der Waals surface area contributed by atoms with Crippen molar-refractivity contribution in [2.24, 2.45) is 11.3 Å². The molecule has 0 fully saturated rings. The van der Waals surface area contributed by atoms with E-state index in [-0.39, 0.29) is 18.3 Å². The molecular weight excluding hydrogens is 260 g/mol. The van der Waals surface area contributed by atoms with Crippen LogP contribution >= 0.6 is 0 Å². The van der Waals surface area contributed by atoms with Crippen LogP contribution in [0.1, 0.15) is 25.8 Å². The molecule has 0 aromatic heterocycles. The van der Waals surface area contributed by atoms with Crippen molar-refractivity contribution in [3.05, 3.63) is 65.3 Å². The van der Waals surface area contributed by atoms with E-state index in [4.69, 9.17) is 0 Å². The summed E-state index contributed by atoms with van der Waals surface area (Å²) in [6.07, 6.45) is 6.49. The van der Waals surface area contributed by atoms with Gasteiger partial charge in [-0.3, -0.25) is 4.79 Å². The Balaban J connectivity index is 2.20. The zero-order valence-corrected chi connectivity index (χ0v) is 12.5. The van der Waals surface area contributed by atoms with Crippen LogP contribution in [-0.4, -0.2) is 17.5 Å². The summed E-state index contributed by atoms with van der Waals surface area (Å²) >= 11 is 0. The zero-order chi connectivity index (χ0) is 15.0. The fourth-order valence-corrected chi connectivity index (χ4v) is 3.75. The number of aliphatic hydroxyl groups is 1. The highest BCUT2D eigenvalue weighted by Crippen LogP contribution is 2.55. The summed E-state index contributed by atoms with van der Waals surface area (Å²) in [7, 11) is 0. The maximum absolute atomic E-state index is 12.9. The van der Waals surface area contributed by atoms with Crippen LogP contribution in [0.3, 0.4) is 0 Å². The molecule has 0 aliphatic heterocycles. The van der Waals surface area contributed by atoms with E-state index >= 15 is 0 Å². The Bertz CT molecular complexity index is 664. The van der Waals surface area contributed by atoms with E-state index in [9.17, 15) is 9.90 Å². The van der Waals surface area contributed by atoms with Crippen molar-refractivity contribution in [1.29, 1.82) is 0 Å². The largest absolute Gasteiger partial charge is 0.396 e. The molecule has 1 aromatic rings. The highest BCUT2D eigenvalue weighted by Gasteiger charge is 2.51. The summed E-state index contributed by atoms with van der Waals surface area (Å²) in [5, 5.41) is 9.82. The number of rotatable bonds is 2. The van der Waals surface area contributed by atoms with Gasteiger partial charge in [0.05, 0.1) is 5.41 Å². The van der Waals surface area contributed by atoms with Crippen molar-refractivity contribution >= 4 is 11.4 Å². The third-order valence-electron chi connectivity index (χ3n) is 4.70. The van der Waals surface area contributed by atoms with Crippen LogP contribution in [-0.2, 0) is 4.79 Å². The van der Waals surface area contributed by atoms with Gasteiger partial charge in [-0.15, -0.1) is 0 Å². The van der Waals surface area contributed by atoms with Crippen LogP contribution < -0.4 is 0 Å². The molecule has 108 valence electrons. The number of aliphatic hydroxyl groups excluding tert-OH is 1. The first-order chi connectivity index (χ1) is 10.1. The zero-order valence-electron chi connectivity index (χ0n) is 12.5. The van der Waals surface area contributed by atoms with E-state index < -0.39 is 5.41 Å². The average molecular weight is 280 g/mol. The lowest BCUT2D eigenvalue weighted by Crippen LogP contribution is -2.37. The molecular formula is C19H20O2. The van der Waals surface area contributed by atoms with Crippen molar-refractivity contribution in [1.82, 2.24) is 0 Å². The Kier molecular flexibility index (Phi) is 3.42. The van der Waals surface area contributed by atoms with Crippen molar-refractivity contribution in [3.63, 3.8) is 0 Å². The molecule has 21 heavy (non-hydrogen) atoms. The molecule has 2 nitrogen and oxygen atoms in total. The first-order valence-electron chi connectivity index (χ1n) is 7.38. The van der Waals surface area contributed by atoms with Crippen LogP contribution in [0.25, 0.3) is 5.57 Å². The van der Waals surface area contributed by atoms with E-state index in [2.05, 4.69) is 6.92 Å². The molecule has 1 spiro atoms. The highest BCUT2D eigenvalue weighted by molar-refractivity contribution is 6.09.